The molecular formula is C9H14BrNO3. The lowest BCUT2D eigenvalue weighted by molar-refractivity contribution is -0.232. The fourth-order valence-electron chi connectivity index (χ4n) is 2.13. The van der Waals surface area contributed by atoms with E-state index in [2.05, 4.69) is 15.9 Å². The van der Waals surface area contributed by atoms with Gasteiger partial charge in [0.1, 0.15) is 0 Å². The molecule has 2 saturated heterocycles. The van der Waals surface area contributed by atoms with E-state index in [-0.39, 0.29) is 11.9 Å². The average Bonchev–Trinajstić information content (AvgIpc) is 2.63. The smallest absolute Gasteiger partial charge is 0.255 e. The highest BCUT2D eigenvalue weighted by molar-refractivity contribution is 9.09. The molecular weight excluding hydrogens is 250 g/mol. The molecule has 2 fully saturated rings. The monoisotopic (exact) mass is 263 g/mol. The first kappa shape index (κ1) is 10.4. The lowest BCUT2D eigenvalue weighted by atomic mass is 10.0. The lowest BCUT2D eigenvalue weighted by Gasteiger charge is -2.43. The van der Waals surface area contributed by atoms with Gasteiger partial charge in [-0.1, -0.05) is 15.9 Å². The number of nitrogens with zero attached hydrogens (tertiary/aromatic N) is 1. The maximum Gasteiger partial charge on any atom is 0.255 e. The van der Waals surface area contributed by atoms with Crippen molar-refractivity contribution < 1.29 is 14.6 Å². The number of amides is 1. The fraction of sp³-hybridized carbons (Fsp3) is 0.889. The van der Waals surface area contributed by atoms with Gasteiger partial charge in [0.15, 0.2) is 11.9 Å². The van der Waals surface area contributed by atoms with Gasteiger partial charge in [-0.05, 0) is 19.8 Å². The van der Waals surface area contributed by atoms with Crippen molar-refractivity contribution in [3.8, 4) is 0 Å². The lowest BCUT2D eigenvalue weighted by Crippen LogP contribution is -2.62. The molecule has 3 atom stereocenters. The van der Waals surface area contributed by atoms with Crippen molar-refractivity contribution in [1.82, 2.24) is 4.90 Å². The van der Waals surface area contributed by atoms with Crippen LogP contribution in [0.5, 0.6) is 0 Å². The zero-order valence-electron chi connectivity index (χ0n) is 8.07. The number of carbonyl (C=O) groups excluding carboxylic acids is 1. The molecule has 0 saturated carbocycles. The first-order valence-corrected chi connectivity index (χ1v) is 5.93. The van der Waals surface area contributed by atoms with Crippen LogP contribution in [-0.4, -0.2) is 45.7 Å². The Morgan fingerprint density at radius 2 is 2.50 bits per heavy atom. The second kappa shape index (κ2) is 3.47. The summed E-state index contributed by atoms with van der Waals surface area (Å²) in [7, 11) is 0. The molecule has 2 aliphatic heterocycles. The van der Waals surface area contributed by atoms with E-state index in [9.17, 15) is 9.90 Å². The Hall–Kier alpha value is -0.130. The highest BCUT2D eigenvalue weighted by Crippen LogP contribution is 2.33. The van der Waals surface area contributed by atoms with Gasteiger partial charge in [-0.3, -0.25) is 4.79 Å². The van der Waals surface area contributed by atoms with E-state index in [4.69, 9.17) is 4.74 Å². The molecule has 80 valence electrons. The molecule has 0 aromatic rings. The number of aliphatic hydroxyl groups excluding tert-OH is 1. The van der Waals surface area contributed by atoms with Gasteiger partial charge >= 0.3 is 0 Å². The van der Waals surface area contributed by atoms with Gasteiger partial charge in [0.05, 0.1) is 6.04 Å². The molecule has 0 aromatic heterocycles. The predicted molar refractivity (Wildman–Crippen MR) is 54.0 cm³/mol. The van der Waals surface area contributed by atoms with Crippen LogP contribution in [0, 0.1) is 0 Å². The van der Waals surface area contributed by atoms with Crippen molar-refractivity contribution in [2.45, 2.75) is 37.7 Å². The van der Waals surface area contributed by atoms with Gasteiger partial charge in [-0.15, -0.1) is 0 Å². The van der Waals surface area contributed by atoms with E-state index >= 15 is 0 Å². The summed E-state index contributed by atoms with van der Waals surface area (Å²) in [5.74, 6) is -0.0119. The maximum atomic E-state index is 12.0. The van der Waals surface area contributed by atoms with E-state index in [1.165, 1.54) is 0 Å². The number of hydrogen-bond donors (Lipinski definition) is 1. The summed E-state index contributed by atoms with van der Waals surface area (Å²) in [6.07, 6.45) is 0.957. The molecule has 2 rings (SSSR count). The van der Waals surface area contributed by atoms with Crippen LogP contribution in [0.4, 0.5) is 0 Å². The van der Waals surface area contributed by atoms with Crippen LogP contribution in [0.15, 0.2) is 0 Å². The molecule has 1 amide bonds. The van der Waals surface area contributed by atoms with Gasteiger partial charge in [-0.25, -0.2) is 0 Å². The molecule has 5 heteroatoms. The second-order valence-corrected chi connectivity index (χ2v) is 4.64. The van der Waals surface area contributed by atoms with Gasteiger partial charge in [0.2, 0.25) is 0 Å². The van der Waals surface area contributed by atoms with E-state index in [1.807, 2.05) is 0 Å². The van der Waals surface area contributed by atoms with Gasteiger partial charge in [-0.2, -0.15) is 0 Å². The van der Waals surface area contributed by atoms with Crippen LogP contribution in [0.2, 0.25) is 0 Å². The minimum Gasteiger partial charge on any atom is -0.366 e. The maximum absolute atomic E-state index is 12.0. The van der Waals surface area contributed by atoms with Crippen molar-refractivity contribution >= 4 is 21.8 Å². The Bertz CT molecular complexity index is 260. The summed E-state index contributed by atoms with van der Waals surface area (Å²) in [5.41, 5.74) is -0.903. The Morgan fingerprint density at radius 1 is 1.79 bits per heavy atom. The van der Waals surface area contributed by atoms with E-state index in [0.29, 0.717) is 5.33 Å². The van der Waals surface area contributed by atoms with Crippen LogP contribution in [0.25, 0.3) is 0 Å². The molecule has 14 heavy (non-hydrogen) atoms. The van der Waals surface area contributed by atoms with Crippen molar-refractivity contribution in [3.05, 3.63) is 0 Å². The number of hydrogen-bond acceptors (Lipinski definition) is 3. The van der Waals surface area contributed by atoms with E-state index < -0.39 is 11.9 Å². The number of rotatable bonds is 1. The summed E-state index contributed by atoms with van der Waals surface area (Å²) in [6.45, 7) is 2.45. The number of halogens is 1. The van der Waals surface area contributed by atoms with Gasteiger partial charge < -0.3 is 14.7 Å². The molecule has 2 heterocycles. The molecule has 0 aliphatic carbocycles. The highest BCUT2D eigenvalue weighted by atomic mass is 79.9. The Morgan fingerprint density at radius 3 is 3.14 bits per heavy atom. The van der Waals surface area contributed by atoms with Crippen LogP contribution >= 0.6 is 15.9 Å². The molecule has 1 N–H and O–H groups in total. The molecule has 4 nitrogen and oxygen atoms in total. The number of aliphatic hydroxyl groups is 1. The third kappa shape index (κ3) is 1.38. The molecule has 1 unspecified atom stereocenters. The molecule has 0 bridgehead atoms. The number of fused-ring (bicyclic) bond motifs is 1. The predicted octanol–water partition coefficient (Wildman–Crippen LogP) is 0.480. The summed E-state index contributed by atoms with van der Waals surface area (Å²) in [5, 5.41) is 10.1. The second-order valence-electron chi connectivity index (χ2n) is 4.08. The Labute approximate surface area is 91.3 Å². The molecule has 0 spiro atoms. The van der Waals surface area contributed by atoms with E-state index in [1.54, 1.807) is 11.8 Å². The van der Waals surface area contributed by atoms with E-state index in [0.717, 1.165) is 19.4 Å². The topological polar surface area (TPSA) is 49.8 Å². The summed E-state index contributed by atoms with van der Waals surface area (Å²) in [4.78, 5) is 13.7. The summed E-state index contributed by atoms with van der Waals surface area (Å²) >= 11 is 3.25. The zero-order chi connectivity index (χ0) is 10.3. The highest BCUT2D eigenvalue weighted by Gasteiger charge is 2.50. The standard InChI is InChI=1S/C9H14BrNO3/c1-9(5-10)8(13)11-4-2-3-6(11)7(12)14-9/h6-7,12H,2-5H2,1H3/t6-,7?,9+/m1/s1. The van der Waals surface area contributed by atoms with Crippen LogP contribution in [-0.2, 0) is 9.53 Å². The van der Waals surface area contributed by atoms with Crippen molar-refractivity contribution in [2.75, 3.05) is 11.9 Å². The first-order chi connectivity index (χ1) is 6.58. The minimum absolute atomic E-state index is 0.0119. The number of alkyl halides is 1. The molecule has 0 radical (unpaired) electrons. The van der Waals surface area contributed by atoms with Crippen LogP contribution in [0.1, 0.15) is 19.8 Å². The normalized spacial score (nSPS) is 42.8. The number of morpholine rings is 1. The summed E-state index contributed by atoms with van der Waals surface area (Å²) < 4.78 is 5.37. The first-order valence-electron chi connectivity index (χ1n) is 4.81. The average molecular weight is 264 g/mol. The zero-order valence-corrected chi connectivity index (χ0v) is 9.66. The molecule has 2 aliphatic rings. The third-order valence-corrected chi connectivity index (χ3v) is 4.05. The minimum atomic E-state index is -0.903. The van der Waals surface area contributed by atoms with Gasteiger partial charge in [0, 0.05) is 11.9 Å². The van der Waals surface area contributed by atoms with Crippen molar-refractivity contribution in [2.24, 2.45) is 0 Å². The SMILES string of the molecule is C[C@@]1(CBr)OC(O)[C@H]2CCCN2C1=O. The quantitative estimate of drug-likeness (QED) is 0.701. The number of carbonyl (C=O) groups is 1. The molecule has 0 aromatic carbocycles. The largest absolute Gasteiger partial charge is 0.366 e. The Balaban J connectivity index is 2.24. The van der Waals surface area contributed by atoms with Crippen molar-refractivity contribution in [1.29, 1.82) is 0 Å². The number of ether oxygens (including phenoxy) is 1. The third-order valence-electron chi connectivity index (χ3n) is 2.98. The summed E-state index contributed by atoms with van der Waals surface area (Å²) in [6, 6.07) is -0.130. The fourth-order valence-corrected chi connectivity index (χ4v) is 2.50. The Kier molecular flexibility index (Phi) is 2.57. The van der Waals surface area contributed by atoms with Crippen molar-refractivity contribution in [3.63, 3.8) is 0 Å². The van der Waals surface area contributed by atoms with Gasteiger partial charge in [0.25, 0.3) is 5.91 Å². The van der Waals surface area contributed by atoms with Crippen LogP contribution < -0.4 is 0 Å². The van der Waals surface area contributed by atoms with Crippen LogP contribution in [0.3, 0.4) is 0 Å².